The summed E-state index contributed by atoms with van der Waals surface area (Å²) in [5, 5.41) is 22.2. The number of nitrogens with zero attached hydrogens (tertiary/aromatic N) is 3. The molecule has 0 saturated carbocycles. The van der Waals surface area contributed by atoms with Crippen molar-refractivity contribution in [1.29, 1.82) is 0 Å². The zero-order chi connectivity index (χ0) is 17.2. The highest BCUT2D eigenvalue weighted by molar-refractivity contribution is 7.22. The van der Waals surface area contributed by atoms with E-state index in [2.05, 4.69) is 20.3 Å². The summed E-state index contributed by atoms with van der Waals surface area (Å²) < 4.78 is 0.970. The Labute approximate surface area is 147 Å². The van der Waals surface area contributed by atoms with E-state index in [1.54, 1.807) is 29.8 Å². The number of phenols is 2. The molecular weight excluding hydrogens is 336 g/mol. The smallest absolute Gasteiger partial charge is 0.157 e. The second kappa shape index (κ2) is 6.37. The van der Waals surface area contributed by atoms with E-state index in [1.165, 1.54) is 18.5 Å². The Kier molecular flexibility index (Phi) is 3.91. The molecule has 1 aromatic carbocycles. The Morgan fingerprint density at radius 1 is 0.960 bits per heavy atom. The van der Waals surface area contributed by atoms with E-state index in [1.807, 2.05) is 18.2 Å². The van der Waals surface area contributed by atoms with Crippen LogP contribution in [-0.4, -0.2) is 25.2 Å². The summed E-state index contributed by atoms with van der Waals surface area (Å²) in [4.78, 5) is 13.8. The number of pyridine rings is 1. The SMILES string of the molecule is Oc1ccc(CNc2ncnc3cc(-c4ccncc4)sc23)cc1O. The Hall–Kier alpha value is -3.19. The first-order chi connectivity index (χ1) is 12.2. The van der Waals surface area contributed by atoms with Crippen LogP contribution in [0, 0.1) is 0 Å². The number of aromatic hydroxyl groups is 2. The van der Waals surface area contributed by atoms with Crippen LogP contribution in [0.1, 0.15) is 5.56 Å². The molecule has 25 heavy (non-hydrogen) atoms. The summed E-state index contributed by atoms with van der Waals surface area (Å²) in [5.74, 6) is 0.472. The minimum Gasteiger partial charge on any atom is -0.504 e. The number of fused-ring (bicyclic) bond motifs is 1. The molecule has 3 N–H and O–H groups in total. The number of rotatable bonds is 4. The minimum absolute atomic E-state index is 0.131. The Bertz CT molecular complexity index is 1030. The van der Waals surface area contributed by atoms with Crippen LogP contribution in [0.2, 0.25) is 0 Å². The van der Waals surface area contributed by atoms with Gasteiger partial charge in [-0.15, -0.1) is 11.3 Å². The highest BCUT2D eigenvalue weighted by Crippen LogP contribution is 2.35. The van der Waals surface area contributed by atoms with E-state index >= 15 is 0 Å². The van der Waals surface area contributed by atoms with Crippen molar-refractivity contribution in [1.82, 2.24) is 15.0 Å². The maximum atomic E-state index is 9.59. The van der Waals surface area contributed by atoms with E-state index in [0.717, 1.165) is 32.0 Å². The van der Waals surface area contributed by atoms with E-state index < -0.39 is 0 Å². The van der Waals surface area contributed by atoms with Crippen LogP contribution >= 0.6 is 11.3 Å². The molecular formula is C18H14N4O2S. The summed E-state index contributed by atoms with van der Waals surface area (Å²) in [6.07, 6.45) is 5.06. The lowest BCUT2D eigenvalue weighted by atomic mass is 10.2. The molecule has 0 aliphatic rings. The lowest BCUT2D eigenvalue weighted by molar-refractivity contribution is 0.403. The molecule has 0 amide bonds. The molecule has 0 unspecified atom stereocenters. The fraction of sp³-hybridized carbons (Fsp3) is 0.0556. The summed E-state index contributed by atoms with van der Waals surface area (Å²) in [5.41, 5.74) is 2.81. The average molecular weight is 350 g/mol. The Morgan fingerprint density at radius 2 is 1.80 bits per heavy atom. The van der Waals surface area contributed by atoms with Gasteiger partial charge in [0.15, 0.2) is 11.5 Å². The second-order valence-electron chi connectivity index (χ2n) is 5.46. The highest BCUT2D eigenvalue weighted by atomic mass is 32.1. The first-order valence-corrected chi connectivity index (χ1v) is 8.42. The standard InChI is InChI=1S/C18H14N4O2S/c23-14-2-1-11(7-15(14)24)9-20-18-17-13(21-10-22-18)8-16(25-17)12-3-5-19-6-4-12/h1-8,10,23-24H,9H2,(H,20,21,22). The van der Waals surface area contributed by atoms with Gasteiger partial charge in [-0.2, -0.15) is 0 Å². The topological polar surface area (TPSA) is 91.2 Å². The molecule has 4 rings (SSSR count). The summed E-state index contributed by atoms with van der Waals surface area (Å²) >= 11 is 1.61. The molecule has 0 bridgehead atoms. The van der Waals surface area contributed by atoms with Crippen molar-refractivity contribution in [2.45, 2.75) is 6.54 Å². The summed E-state index contributed by atoms with van der Waals surface area (Å²) in [6, 6.07) is 10.7. The first kappa shape index (κ1) is 15.3. The van der Waals surface area contributed by atoms with Crippen molar-refractivity contribution >= 4 is 27.4 Å². The third-order valence-electron chi connectivity index (χ3n) is 3.78. The Balaban J connectivity index is 1.63. The van der Waals surface area contributed by atoms with Gasteiger partial charge < -0.3 is 15.5 Å². The molecule has 0 saturated heterocycles. The molecule has 0 aliphatic carbocycles. The van der Waals surface area contributed by atoms with Gasteiger partial charge in [-0.3, -0.25) is 4.98 Å². The fourth-order valence-corrected chi connectivity index (χ4v) is 3.59. The van der Waals surface area contributed by atoms with Crippen molar-refractivity contribution in [3.8, 4) is 21.9 Å². The Morgan fingerprint density at radius 3 is 2.60 bits per heavy atom. The molecule has 3 aromatic heterocycles. The van der Waals surface area contributed by atoms with Crippen molar-refractivity contribution in [3.05, 3.63) is 60.7 Å². The van der Waals surface area contributed by atoms with E-state index in [0.29, 0.717) is 6.54 Å². The molecule has 4 aromatic rings. The van der Waals surface area contributed by atoms with Gasteiger partial charge in [-0.25, -0.2) is 9.97 Å². The largest absolute Gasteiger partial charge is 0.504 e. The van der Waals surface area contributed by atoms with Crippen molar-refractivity contribution in [2.24, 2.45) is 0 Å². The number of phenolic OH excluding ortho intramolecular Hbond substituents is 2. The lowest BCUT2D eigenvalue weighted by Gasteiger charge is -2.07. The number of nitrogens with one attached hydrogen (secondary N) is 1. The molecule has 0 radical (unpaired) electrons. The number of thiophene rings is 1. The fourth-order valence-electron chi connectivity index (χ4n) is 2.50. The molecule has 0 aliphatic heterocycles. The van der Waals surface area contributed by atoms with Gasteiger partial charge in [0.05, 0.1) is 10.2 Å². The van der Waals surface area contributed by atoms with Crippen LogP contribution in [0.3, 0.4) is 0 Å². The van der Waals surface area contributed by atoms with Crippen LogP contribution in [-0.2, 0) is 6.54 Å². The second-order valence-corrected chi connectivity index (χ2v) is 6.51. The monoisotopic (exact) mass is 350 g/mol. The summed E-state index contributed by atoms with van der Waals surface area (Å²) in [7, 11) is 0. The van der Waals surface area contributed by atoms with Gasteiger partial charge in [0.2, 0.25) is 0 Å². The molecule has 6 nitrogen and oxygen atoms in total. The number of anilines is 1. The van der Waals surface area contributed by atoms with E-state index in [-0.39, 0.29) is 11.5 Å². The van der Waals surface area contributed by atoms with Crippen molar-refractivity contribution in [2.75, 3.05) is 5.32 Å². The first-order valence-electron chi connectivity index (χ1n) is 7.60. The number of hydrogen-bond acceptors (Lipinski definition) is 7. The third kappa shape index (κ3) is 3.09. The van der Waals surface area contributed by atoms with Gasteiger partial charge in [0.1, 0.15) is 12.1 Å². The zero-order valence-electron chi connectivity index (χ0n) is 13.0. The summed E-state index contributed by atoms with van der Waals surface area (Å²) in [6.45, 7) is 0.475. The maximum absolute atomic E-state index is 9.59. The normalized spacial score (nSPS) is 10.9. The minimum atomic E-state index is -0.136. The molecule has 3 heterocycles. The molecule has 0 spiro atoms. The van der Waals surface area contributed by atoms with E-state index in [4.69, 9.17) is 0 Å². The van der Waals surface area contributed by atoms with Crippen LogP contribution in [0.4, 0.5) is 5.82 Å². The van der Waals surface area contributed by atoms with Gasteiger partial charge in [-0.1, -0.05) is 6.07 Å². The zero-order valence-corrected chi connectivity index (χ0v) is 13.9. The van der Waals surface area contributed by atoms with Gasteiger partial charge in [0, 0.05) is 23.8 Å². The quantitative estimate of drug-likeness (QED) is 0.485. The van der Waals surface area contributed by atoms with Gasteiger partial charge in [0.25, 0.3) is 0 Å². The van der Waals surface area contributed by atoms with Crippen LogP contribution < -0.4 is 5.32 Å². The van der Waals surface area contributed by atoms with Crippen molar-refractivity contribution < 1.29 is 10.2 Å². The third-order valence-corrected chi connectivity index (χ3v) is 4.96. The van der Waals surface area contributed by atoms with Crippen molar-refractivity contribution in [3.63, 3.8) is 0 Å². The molecule has 7 heteroatoms. The van der Waals surface area contributed by atoms with Gasteiger partial charge in [-0.05, 0) is 41.5 Å². The van der Waals surface area contributed by atoms with Crippen LogP contribution in [0.15, 0.2) is 55.1 Å². The van der Waals surface area contributed by atoms with Crippen LogP contribution in [0.25, 0.3) is 20.7 Å². The van der Waals surface area contributed by atoms with E-state index in [9.17, 15) is 10.2 Å². The van der Waals surface area contributed by atoms with Crippen LogP contribution in [0.5, 0.6) is 11.5 Å². The predicted octanol–water partition coefficient (Wildman–Crippen LogP) is 3.78. The average Bonchev–Trinajstić information content (AvgIpc) is 3.08. The maximum Gasteiger partial charge on any atom is 0.157 e. The molecule has 124 valence electrons. The number of hydrogen-bond donors (Lipinski definition) is 3. The predicted molar refractivity (Wildman–Crippen MR) is 97.7 cm³/mol. The molecule has 0 atom stereocenters. The number of benzene rings is 1. The van der Waals surface area contributed by atoms with Gasteiger partial charge >= 0.3 is 0 Å². The lowest BCUT2D eigenvalue weighted by Crippen LogP contribution is -2.01. The number of aromatic nitrogens is 3. The molecule has 0 fully saturated rings. The highest BCUT2D eigenvalue weighted by Gasteiger charge is 2.10.